The molecule has 1 aliphatic carbocycles. The second-order valence-electron chi connectivity index (χ2n) is 8.47. The molecule has 0 saturated carbocycles. The summed E-state index contributed by atoms with van der Waals surface area (Å²) in [7, 11) is 1.55. The lowest BCUT2D eigenvalue weighted by Crippen LogP contribution is -2.29. The van der Waals surface area contributed by atoms with E-state index in [0.29, 0.717) is 17.6 Å². The van der Waals surface area contributed by atoms with Crippen molar-refractivity contribution in [3.8, 4) is 11.5 Å². The standard InChI is InChI=1S/C27H25IN2O2/c1-16-6-11-24-22(12-16)20-4-3-5-21(20)26(30-24)18-7-9-19(10-8-18)29-15-17-13-23(28)27(31)25(14-17)32-2/h3-4,6-15,20-21,26,30-31H,5H2,1-2H3/t20-,21+,26+/m1/s1. The summed E-state index contributed by atoms with van der Waals surface area (Å²) in [4.78, 5) is 4.62. The Morgan fingerprint density at radius 3 is 2.72 bits per heavy atom. The Morgan fingerprint density at radius 2 is 1.94 bits per heavy atom. The number of aromatic hydroxyl groups is 1. The van der Waals surface area contributed by atoms with E-state index in [9.17, 15) is 5.11 Å². The number of nitrogens with one attached hydrogen (secondary N) is 1. The topological polar surface area (TPSA) is 53.8 Å². The average molecular weight is 536 g/mol. The Labute approximate surface area is 202 Å². The van der Waals surface area contributed by atoms with Crippen LogP contribution in [0.25, 0.3) is 0 Å². The van der Waals surface area contributed by atoms with Crippen molar-refractivity contribution in [1.82, 2.24) is 0 Å². The number of phenolic OH excluding ortho intramolecular Hbond substituents is 1. The number of benzene rings is 3. The van der Waals surface area contributed by atoms with Crippen LogP contribution in [0, 0.1) is 16.4 Å². The molecule has 5 heteroatoms. The van der Waals surface area contributed by atoms with Gasteiger partial charge in [-0.1, -0.05) is 42.0 Å². The molecule has 3 aromatic carbocycles. The van der Waals surface area contributed by atoms with Crippen LogP contribution in [0.5, 0.6) is 11.5 Å². The van der Waals surface area contributed by atoms with Crippen LogP contribution in [0.15, 0.2) is 71.7 Å². The van der Waals surface area contributed by atoms with Gasteiger partial charge in [0.2, 0.25) is 0 Å². The number of nitrogens with zero attached hydrogens (tertiary/aromatic N) is 1. The Hall–Kier alpha value is -2.80. The largest absolute Gasteiger partial charge is 0.504 e. The number of fused-ring (bicyclic) bond motifs is 3. The van der Waals surface area contributed by atoms with E-state index < -0.39 is 0 Å². The van der Waals surface area contributed by atoms with Crippen molar-refractivity contribution in [3.63, 3.8) is 0 Å². The molecule has 4 nitrogen and oxygen atoms in total. The van der Waals surface area contributed by atoms with Crippen LogP contribution in [0.2, 0.25) is 0 Å². The van der Waals surface area contributed by atoms with E-state index in [-0.39, 0.29) is 11.8 Å². The minimum Gasteiger partial charge on any atom is -0.504 e. The van der Waals surface area contributed by atoms with E-state index >= 15 is 0 Å². The molecule has 0 spiro atoms. The summed E-state index contributed by atoms with van der Waals surface area (Å²) >= 11 is 2.09. The minimum absolute atomic E-state index is 0.158. The molecule has 0 amide bonds. The maximum atomic E-state index is 10.0. The zero-order valence-electron chi connectivity index (χ0n) is 18.0. The molecule has 2 N–H and O–H groups in total. The Balaban J connectivity index is 1.38. The normalized spacial score (nSPS) is 21.3. The molecule has 0 saturated heterocycles. The highest BCUT2D eigenvalue weighted by molar-refractivity contribution is 14.1. The minimum atomic E-state index is 0.158. The molecular formula is C27H25IN2O2. The Morgan fingerprint density at radius 1 is 1.12 bits per heavy atom. The maximum Gasteiger partial charge on any atom is 0.171 e. The van der Waals surface area contributed by atoms with Gasteiger partial charge in [0, 0.05) is 17.8 Å². The molecule has 162 valence electrons. The van der Waals surface area contributed by atoms with E-state index in [4.69, 9.17) is 4.74 Å². The number of anilines is 1. The molecule has 0 unspecified atom stereocenters. The van der Waals surface area contributed by atoms with E-state index in [1.165, 1.54) is 22.4 Å². The number of aliphatic imine (C=N–C) groups is 1. The molecule has 3 atom stereocenters. The molecule has 3 aromatic rings. The summed E-state index contributed by atoms with van der Waals surface area (Å²) in [5, 5.41) is 13.8. The quantitative estimate of drug-likeness (QED) is 0.217. The number of hydrogen-bond acceptors (Lipinski definition) is 4. The zero-order chi connectivity index (χ0) is 22.2. The van der Waals surface area contributed by atoms with Crippen LogP contribution in [-0.2, 0) is 0 Å². The number of methoxy groups -OCH3 is 1. The highest BCUT2D eigenvalue weighted by atomic mass is 127. The van der Waals surface area contributed by atoms with Crippen molar-refractivity contribution < 1.29 is 9.84 Å². The number of allylic oxidation sites excluding steroid dienone is 2. The lowest BCUT2D eigenvalue weighted by atomic mass is 9.76. The summed E-state index contributed by atoms with van der Waals surface area (Å²) in [5.74, 6) is 1.62. The molecule has 0 aromatic heterocycles. The second kappa shape index (κ2) is 8.62. The fraction of sp³-hybridized carbons (Fsp3) is 0.222. The predicted octanol–water partition coefficient (Wildman–Crippen LogP) is 6.89. The number of halogens is 1. The summed E-state index contributed by atoms with van der Waals surface area (Å²) in [6, 6.07) is 19.2. The van der Waals surface area contributed by atoms with Crippen LogP contribution in [0.3, 0.4) is 0 Å². The Bertz CT molecular complexity index is 1220. The molecule has 1 aliphatic heterocycles. The van der Waals surface area contributed by atoms with E-state index in [0.717, 1.165) is 21.2 Å². The highest BCUT2D eigenvalue weighted by Crippen LogP contribution is 2.50. The summed E-state index contributed by atoms with van der Waals surface area (Å²) in [5.41, 5.74) is 7.03. The third-order valence-corrected chi connectivity index (χ3v) is 7.23. The number of hydrogen-bond donors (Lipinski definition) is 2. The molecule has 0 bridgehead atoms. The first-order valence-electron chi connectivity index (χ1n) is 10.8. The van der Waals surface area contributed by atoms with Crippen molar-refractivity contribution in [3.05, 3.63) is 92.6 Å². The van der Waals surface area contributed by atoms with Crippen LogP contribution in [0.4, 0.5) is 11.4 Å². The van der Waals surface area contributed by atoms with Crippen molar-refractivity contribution in [2.45, 2.75) is 25.3 Å². The maximum absolute atomic E-state index is 10.0. The fourth-order valence-corrected chi connectivity index (χ4v) is 5.41. The Kier molecular flexibility index (Phi) is 5.67. The average Bonchev–Trinajstić information content (AvgIpc) is 3.30. The molecule has 0 radical (unpaired) electrons. The van der Waals surface area contributed by atoms with Crippen LogP contribution in [0.1, 0.15) is 40.6 Å². The lowest BCUT2D eigenvalue weighted by molar-refractivity contribution is 0.371. The van der Waals surface area contributed by atoms with Crippen molar-refractivity contribution in [2.24, 2.45) is 10.9 Å². The van der Waals surface area contributed by atoms with Gasteiger partial charge < -0.3 is 15.2 Å². The molecule has 32 heavy (non-hydrogen) atoms. The van der Waals surface area contributed by atoms with Gasteiger partial charge in [0.25, 0.3) is 0 Å². The van der Waals surface area contributed by atoms with Gasteiger partial charge in [-0.05, 0) is 88.9 Å². The molecule has 2 aliphatic rings. The smallest absolute Gasteiger partial charge is 0.171 e. The van der Waals surface area contributed by atoms with Gasteiger partial charge in [-0.15, -0.1) is 0 Å². The predicted molar refractivity (Wildman–Crippen MR) is 139 cm³/mol. The van der Waals surface area contributed by atoms with E-state index in [1.54, 1.807) is 19.4 Å². The van der Waals surface area contributed by atoms with Gasteiger partial charge in [0.05, 0.1) is 22.4 Å². The lowest BCUT2D eigenvalue weighted by Gasteiger charge is -2.37. The number of rotatable bonds is 4. The van der Waals surface area contributed by atoms with E-state index in [2.05, 4.69) is 94.4 Å². The van der Waals surface area contributed by atoms with Gasteiger partial charge in [0.1, 0.15) is 0 Å². The number of phenols is 1. The third kappa shape index (κ3) is 3.90. The third-order valence-electron chi connectivity index (χ3n) is 6.40. The van der Waals surface area contributed by atoms with Crippen molar-refractivity contribution >= 4 is 40.2 Å². The first kappa shape index (κ1) is 21.1. The number of ether oxygens (including phenoxy) is 1. The van der Waals surface area contributed by atoms with Gasteiger partial charge in [0.15, 0.2) is 11.5 Å². The second-order valence-corrected chi connectivity index (χ2v) is 9.63. The SMILES string of the molecule is COc1cc(C=Nc2ccc([C@@H]3Nc4ccc(C)cc4[C@@H]4C=CC[C@@H]43)cc2)cc(I)c1O. The summed E-state index contributed by atoms with van der Waals surface area (Å²) in [6.45, 7) is 2.16. The van der Waals surface area contributed by atoms with Crippen molar-refractivity contribution in [2.75, 3.05) is 12.4 Å². The van der Waals surface area contributed by atoms with Gasteiger partial charge in [-0.2, -0.15) is 0 Å². The molecule has 1 heterocycles. The van der Waals surface area contributed by atoms with Crippen LogP contribution < -0.4 is 10.1 Å². The molecule has 5 rings (SSSR count). The van der Waals surface area contributed by atoms with Gasteiger partial charge in [-0.25, -0.2) is 0 Å². The summed E-state index contributed by atoms with van der Waals surface area (Å²) in [6.07, 6.45) is 7.60. The van der Waals surface area contributed by atoms with E-state index in [1.807, 2.05) is 6.07 Å². The highest BCUT2D eigenvalue weighted by Gasteiger charge is 2.37. The van der Waals surface area contributed by atoms with Gasteiger partial charge >= 0.3 is 0 Å². The van der Waals surface area contributed by atoms with Crippen molar-refractivity contribution in [1.29, 1.82) is 0 Å². The number of aryl methyl sites for hydroxylation is 1. The van der Waals surface area contributed by atoms with Crippen LogP contribution in [-0.4, -0.2) is 18.4 Å². The fourth-order valence-electron chi connectivity index (χ4n) is 4.78. The zero-order valence-corrected chi connectivity index (χ0v) is 20.2. The monoisotopic (exact) mass is 536 g/mol. The summed E-state index contributed by atoms with van der Waals surface area (Å²) < 4.78 is 5.97. The molecular weight excluding hydrogens is 511 g/mol. The van der Waals surface area contributed by atoms with Gasteiger partial charge in [-0.3, -0.25) is 4.99 Å². The first-order chi connectivity index (χ1) is 15.5. The first-order valence-corrected chi connectivity index (χ1v) is 11.9. The molecule has 0 fully saturated rings. The van der Waals surface area contributed by atoms with Crippen LogP contribution >= 0.6 is 22.6 Å².